The van der Waals surface area contributed by atoms with Gasteiger partial charge in [-0.1, -0.05) is 36.0 Å². The molecule has 0 saturated carbocycles. The molecule has 0 unspecified atom stereocenters. The highest BCUT2D eigenvalue weighted by Gasteiger charge is 2.26. The summed E-state index contributed by atoms with van der Waals surface area (Å²) in [5.41, 5.74) is 2.34. The third-order valence-electron chi connectivity index (χ3n) is 4.60. The summed E-state index contributed by atoms with van der Waals surface area (Å²) in [5, 5.41) is 3.50. The number of hydrogen-bond donors (Lipinski definition) is 1. The van der Waals surface area contributed by atoms with Crippen LogP contribution in [0, 0.1) is 11.7 Å². The highest BCUT2D eigenvalue weighted by Crippen LogP contribution is 2.36. The second kappa shape index (κ2) is 7.21. The normalized spacial score (nSPS) is 21.2. The van der Waals surface area contributed by atoms with Gasteiger partial charge in [-0.25, -0.2) is 9.37 Å². The molecule has 1 aliphatic rings. The van der Waals surface area contributed by atoms with E-state index in [-0.39, 0.29) is 5.82 Å². The number of halogens is 1. The van der Waals surface area contributed by atoms with E-state index >= 15 is 0 Å². The highest BCUT2D eigenvalue weighted by atomic mass is 32.2. The van der Waals surface area contributed by atoms with E-state index < -0.39 is 0 Å². The van der Waals surface area contributed by atoms with Crippen molar-refractivity contribution in [3.8, 4) is 0 Å². The molecule has 0 radical (unpaired) electrons. The Kier molecular flexibility index (Phi) is 4.83. The highest BCUT2D eigenvalue weighted by molar-refractivity contribution is 8.01. The van der Waals surface area contributed by atoms with Crippen LogP contribution in [-0.2, 0) is 0 Å². The molecule has 0 aliphatic carbocycles. The molecule has 24 heavy (non-hydrogen) atoms. The number of benzene rings is 2. The molecule has 1 fully saturated rings. The largest absolute Gasteiger partial charge is 0.316 e. The Morgan fingerprint density at radius 3 is 2.83 bits per heavy atom. The zero-order valence-corrected chi connectivity index (χ0v) is 14.9. The van der Waals surface area contributed by atoms with E-state index in [4.69, 9.17) is 4.98 Å². The Balaban J connectivity index is 1.47. The summed E-state index contributed by atoms with van der Waals surface area (Å²) in [6, 6.07) is 15.3. The number of para-hydroxylation sites is 1. The summed E-state index contributed by atoms with van der Waals surface area (Å²) in [7, 11) is 0. The van der Waals surface area contributed by atoms with Crippen LogP contribution in [0.3, 0.4) is 0 Å². The molecule has 2 atom stereocenters. The van der Waals surface area contributed by atoms with E-state index in [2.05, 4.69) is 23.5 Å². The molecule has 2 heterocycles. The molecule has 1 aromatic heterocycles. The lowest BCUT2D eigenvalue weighted by Crippen LogP contribution is -2.36. The van der Waals surface area contributed by atoms with Crippen LogP contribution in [0.15, 0.2) is 52.9 Å². The lowest BCUT2D eigenvalue weighted by molar-refractivity contribution is 0.354. The number of aromatic nitrogens is 1. The first-order valence-electron chi connectivity index (χ1n) is 8.24. The summed E-state index contributed by atoms with van der Waals surface area (Å²) in [4.78, 5) is 4.72. The van der Waals surface area contributed by atoms with Crippen LogP contribution in [0.25, 0.3) is 10.2 Å². The van der Waals surface area contributed by atoms with Gasteiger partial charge >= 0.3 is 0 Å². The standard InChI is InChI=1S/C19H19FN2S2/c20-15-7-5-13(6-8-15)16-9-10-21-11-14(16)12-23-19-22-17-3-1-2-4-18(17)24-19/h1-8,14,16,21H,9-12H2/t14-,16-/m1/s1. The van der Waals surface area contributed by atoms with Crippen LogP contribution < -0.4 is 5.32 Å². The molecule has 1 aliphatic heterocycles. The van der Waals surface area contributed by atoms with Crippen molar-refractivity contribution in [2.45, 2.75) is 16.7 Å². The molecule has 0 bridgehead atoms. The summed E-state index contributed by atoms with van der Waals surface area (Å²) >= 11 is 3.61. The zero-order chi connectivity index (χ0) is 16.4. The Morgan fingerprint density at radius 2 is 2.00 bits per heavy atom. The monoisotopic (exact) mass is 358 g/mol. The van der Waals surface area contributed by atoms with E-state index in [1.54, 1.807) is 23.5 Å². The molecular formula is C19H19FN2S2. The minimum atomic E-state index is -0.159. The lowest BCUT2D eigenvalue weighted by Gasteiger charge is -2.32. The van der Waals surface area contributed by atoms with E-state index in [1.165, 1.54) is 10.3 Å². The Bertz CT molecular complexity index is 783. The molecule has 0 amide bonds. The van der Waals surface area contributed by atoms with Crippen LogP contribution in [0.4, 0.5) is 4.39 Å². The van der Waals surface area contributed by atoms with Gasteiger partial charge in [-0.15, -0.1) is 11.3 Å². The predicted octanol–water partition coefficient (Wildman–Crippen LogP) is 4.92. The smallest absolute Gasteiger partial charge is 0.151 e. The summed E-state index contributed by atoms with van der Waals surface area (Å²) in [6.07, 6.45) is 1.11. The van der Waals surface area contributed by atoms with Crippen molar-refractivity contribution in [2.75, 3.05) is 18.8 Å². The van der Waals surface area contributed by atoms with Gasteiger partial charge in [0.25, 0.3) is 0 Å². The number of hydrogen-bond acceptors (Lipinski definition) is 4. The second-order valence-electron chi connectivity index (χ2n) is 6.17. The molecule has 2 nitrogen and oxygen atoms in total. The fraction of sp³-hybridized carbons (Fsp3) is 0.316. The molecule has 0 spiro atoms. The van der Waals surface area contributed by atoms with Gasteiger partial charge in [0.2, 0.25) is 0 Å². The number of nitrogens with one attached hydrogen (secondary N) is 1. The fourth-order valence-corrected chi connectivity index (χ4v) is 5.61. The van der Waals surface area contributed by atoms with Gasteiger partial charge in [-0.05, 0) is 61.2 Å². The molecule has 4 rings (SSSR count). The number of rotatable bonds is 4. The zero-order valence-electron chi connectivity index (χ0n) is 13.2. The van der Waals surface area contributed by atoms with Crippen LogP contribution in [0.5, 0.6) is 0 Å². The van der Waals surface area contributed by atoms with Crippen molar-refractivity contribution in [1.29, 1.82) is 0 Å². The van der Waals surface area contributed by atoms with Gasteiger partial charge in [-0.2, -0.15) is 0 Å². The maximum Gasteiger partial charge on any atom is 0.151 e. The summed E-state index contributed by atoms with van der Waals surface area (Å²) in [5.74, 6) is 1.91. The minimum absolute atomic E-state index is 0.159. The molecule has 1 N–H and O–H groups in total. The number of piperidine rings is 1. The maximum absolute atomic E-state index is 13.2. The van der Waals surface area contributed by atoms with Crippen molar-refractivity contribution in [1.82, 2.24) is 10.3 Å². The average Bonchev–Trinajstić information content (AvgIpc) is 3.04. The number of nitrogens with zero attached hydrogens (tertiary/aromatic N) is 1. The van der Waals surface area contributed by atoms with Crippen molar-refractivity contribution in [2.24, 2.45) is 5.92 Å². The van der Waals surface area contributed by atoms with Gasteiger partial charge in [0.1, 0.15) is 5.82 Å². The Morgan fingerprint density at radius 1 is 1.17 bits per heavy atom. The average molecular weight is 359 g/mol. The molecule has 124 valence electrons. The summed E-state index contributed by atoms with van der Waals surface area (Å²) in [6.45, 7) is 2.05. The van der Waals surface area contributed by atoms with Gasteiger partial charge < -0.3 is 5.32 Å². The van der Waals surface area contributed by atoms with Gasteiger partial charge in [0, 0.05) is 5.75 Å². The number of thiazole rings is 1. The van der Waals surface area contributed by atoms with E-state index in [9.17, 15) is 4.39 Å². The van der Waals surface area contributed by atoms with Crippen molar-refractivity contribution >= 4 is 33.3 Å². The molecule has 3 aromatic rings. The van der Waals surface area contributed by atoms with E-state index in [0.717, 1.165) is 35.1 Å². The van der Waals surface area contributed by atoms with Crippen LogP contribution in [-0.4, -0.2) is 23.8 Å². The second-order valence-corrected chi connectivity index (χ2v) is 8.47. The van der Waals surface area contributed by atoms with Gasteiger partial charge in [0.05, 0.1) is 10.2 Å². The van der Waals surface area contributed by atoms with Crippen molar-refractivity contribution in [3.63, 3.8) is 0 Å². The van der Waals surface area contributed by atoms with Crippen LogP contribution in [0.1, 0.15) is 17.9 Å². The Labute approximate surface area is 149 Å². The first-order valence-corrected chi connectivity index (χ1v) is 10.0. The first kappa shape index (κ1) is 16.1. The van der Waals surface area contributed by atoms with E-state index in [0.29, 0.717) is 11.8 Å². The molecule has 2 aromatic carbocycles. The topological polar surface area (TPSA) is 24.9 Å². The van der Waals surface area contributed by atoms with Crippen LogP contribution in [0.2, 0.25) is 0 Å². The van der Waals surface area contributed by atoms with Gasteiger partial charge in [0.15, 0.2) is 4.34 Å². The van der Waals surface area contributed by atoms with Crippen molar-refractivity contribution in [3.05, 3.63) is 59.9 Å². The third-order valence-corrected chi connectivity index (χ3v) is 6.97. The third kappa shape index (κ3) is 3.48. The number of fused-ring (bicyclic) bond motifs is 1. The maximum atomic E-state index is 13.2. The minimum Gasteiger partial charge on any atom is -0.316 e. The molecule has 5 heteroatoms. The van der Waals surface area contributed by atoms with Crippen LogP contribution >= 0.6 is 23.1 Å². The molecular weight excluding hydrogens is 339 g/mol. The van der Waals surface area contributed by atoms with Crippen molar-refractivity contribution < 1.29 is 4.39 Å². The predicted molar refractivity (Wildman–Crippen MR) is 100 cm³/mol. The summed E-state index contributed by atoms with van der Waals surface area (Å²) < 4.78 is 15.6. The van der Waals surface area contributed by atoms with E-state index in [1.807, 2.05) is 30.0 Å². The first-order chi connectivity index (χ1) is 11.8. The quantitative estimate of drug-likeness (QED) is 0.670. The van der Waals surface area contributed by atoms with Gasteiger partial charge in [-0.3, -0.25) is 0 Å². The number of thioether (sulfide) groups is 1. The fourth-order valence-electron chi connectivity index (χ4n) is 3.34. The Hall–Kier alpha value is -1.43. The SMILES string of the molecule is Fc1ccc([C@H]2CCNC[C@@H]2CSc2nc3ccccc3s2)cc1. The molecule has 1 saturated heterocycles. The lowest BCUT2D eigenvalue weighted by atomic mass is 9.82.